The van der Waals surface area contributed by atoms with Crippen molar-refractivity contribution in [3.8, 4) is 5.75 Å². The number of aliphatic hydroxyl groups excluding tert-OH is 1. The van der Waals surface area contributed by atoms with Crippen LogP contribution in [-0.4, -0.2) is 52.1 Å². The molecule has 2 aromatic rings. The van der Waals surface area contributed by atoms with E-state index in [4.69, 9.17) is 14.2 Å². The van der Waals surface area contributed by atoms with E-state index in [-0.39, 0.29) is 24.0 Å². The number of anilines is 1. The van der Waals surface area contributed by atoms with Crippen molar-refractivity contribution in [3.05, 3.63) is 64.2 Å². The molecule has 3 amide bonds. The summed E-state index contributed by atoms with van der Waals surface area (Å²) in [7, 11) is 0. The van der Waals surface area contributed by atoms with Crippen LogP contribution >= 0.6 is 0 Å². The summed E-state index contributed by atoms with van der Waals surface area (Å²) in [6.07, 6.45) is -0.729. The highest BCUT2D eigenvalue weighted by atomic mass is 16.8. The molecule has 3 atom stereocenters. The fraction of sp³-hybridized carbons (Fsp3) is 0.444. The highest BCUT2D eigenvalue weighted by Crippen LogP contribution is 2.19. The van der Waals surface area contributed by atoms with Crippen LogP contribution in [0.3, 0.4) is 0 Å². The molecule has 0 saturated heterocycles. The number of non-ortho nitro benzene ring substituents is 1. The van der Waals surface area contributed by atoms with Crippen molar-refractivity contribution >= 4 is 29.3 Å². The maximum Gasteiger partial charge on any atom is 0.408 e. The van der Waals surface area contributed by atoms with Gasteiger partial charge in [0.25, 0.3) is 5.69 Å². The molecule has 2 unspecified atom stereocenters. The summed E-state index contributed by atoms with van der Waals surface area (Å²) in [5.41, 5.74) is 0.296. The van der Waals surface area contributed by atoms with Crippen LogP contribution in [0.2, 0.25) is 0 Å². The van der Waals surface area contributed by atoms with Crippen LogP contribution in [-0.2, 0) is 25.7 Å². The van der Waals surface area contributed by atoms with Crippen molar-refractivity contribution in [2.45, 2.75) is 72.3 Å². The molecule has 0 bridgehead atoms. The van der Waals surface area contributed by atoms with Gasteiger partial charge < -0.3 is 35.3 Å². The summed E-state index contributed by atoms with van der Waals surface area (Å²) in [6.45, 7) is 8.56. The number of rotatable bonds is 12. The minimum atomic E-state index is -1.61. The van der Waals surface area contributed by atoms with Gasteiger partial charge in [-0.05, 0) is 63.4 Å². The Hall–Kier alpha value is -4.23. The molecule has 2 rings (SSSR count). The number of hydrogen-bond acceptors (Lipinski definition) is 9. The van der Waals surface area contributed by atoms with Crippen molar-refractivity contribution in [1.29, 1.82) is 0 Å². The predicted octanol–water partition coefficient (Wildman–Crippen LogP) is 3.46. The molecule has 0 spiro atoms. The molecule has 40 heavy (non-hydrogen) atoms. The second kappa shape index (κ2) is 14.2. The van der Waals surface area contributed by atoms with Gasteiger partial charge in [-0.3, -0.25) is 19.7 Å². The summed E-state index contributed by atoms with van der Waals surface area (Å²) in [5, 5.41) is 28.5. The predicted molar refractivity (Wildman–Crippen MR) is 145 cm³/mol. The van der Waals surface area contributed by atoms with Crippen LogP contribution < -0.4 is 20.7 Å². The third-order valence-electron chi connectivity index (χ3n) is 5.27. The van der Waals surface area contributed by atoms with Crippen molar-refractivity contribution in [2.75, 3.05) is 5.32 Å². The fourth-order valence-electron chi connectivity index (χ4n) is 3.24. The number of ether oxygens (including phenoxy) is 3. The maximum atomic E-state index is 12.7. The number of amides is 3. The van der Waals surface area contributed by atoms with Crippen LogP contribution in [0.5, 0.6) is 5.75 Å². The number of carbonyl (C=O) groups excluding carboxylic acids is 3. The monoisotopic (exact) mass is 560 g/mol. The van der Waals surface area contributed by atoms with Gasteiger partial charge in [-0.25, -0.2) is 4.79 Å². The number of carbonyl (C=O) groups is 3. The molecule has 0 aliphatic carbocycles. The van der Waals surface area contributed by atoms with E-state index < -0.39 is 47.0 Å². The second-order valence-electron chi connectivity index (χ2n) is 10.3. The molecule has 13 heteroatoms. The van der Waals surface area contributed by atoms with Crippen molar-refractivity contribution < 1.29 is 38.6 Å². The van der Waals surface area contributed by atoms with Crippen molar-refractivity contribution in [3.63, 3.8) is 0 Å². The zero-order valence-electron chi connectivity index (χ0n) is 23.3. The second-order valence-corrected chi connectivity index (χ2v) is 10.3. The SMILES string of the molecule is CC(C)C(NC(=O)OC(C)(C)C)C(=O)N[C@@H](C)C(=O)Nc1ccc(COC(O)Oc2ccc([N+](=O)[O-])cc2)cc1. The van der Waals surface area contributed by atoms with E-state index in [1.807, 2.05) is 0 Å². The smallest absolute Gasteiger partial charge is 0.408 e. The highest BCUT2D eigenvalue weighted by Gasteiger charge is 2.29. The number of nitrogens with zero attached hydrogens (tertiary/aromatic N) is 1. The number of nitrogens with one attached hydrogen (secondary N) is 3. The van der Waals surface area contributed by atoms with Gasteiger partial charge >= 0.3 is 12.6 Å². The summed E-state index contributed by atoms with van der Waals surface area (Å²) in [4.78, 5) is 47.7. The molecule has 0 aliphatic rings. The number of hydrogen-bond donors (Lipinski definition) is 4. The van der Waals surface area contributed by atoms with Crippen molar-refractivity contribution in [1.82, 2.24) is 10.6 Å². The van der Waals surface area contributed by atoms with Gasteiger partial charge in [0.05, 0.1) is 11.5 Å². The molecular formula is C27H36N4O9. The summed E-state index contributed by atoms with van der Waals surface area (Å²) < 4.78 is 15.6. The third-order valence-corrected chi connectivity index (χ3v) is 5.27. The Kier molecular flexibility index (Phi) is 11.4. The highest BCUT2D eigenvalue weighted by molar-refractivity contribution is 5.98. The first kappa shape index (κ1) is 32.0. The Morgan fingerprint density at radius 2 is 1.55 bits per heavy atom. The Bertz CT molecular complexity index is 1160. The lowest BCUT2D eigenvalue weighted by Crippen LogP contribution is -2.54. The van der Waals surface area contributed by atoms with E-state index in [1.54, 1.807) is 58.9 Å². The zero-order chi connectivity index (χ0) is 30.0. The minimum Gasteiger partial charge on any atom is -0.444 e. The van der Waals surface area contributed by atoms with Gasteiger partial charge in [0.2, 0.25) is 11.8 Å². The largest absolute Gasteiger partial charge is 0.444 e. The van der Waals surface area contributed by atoms with Gasteiger partial charge in [0, 0.05) is 17.8 Å². The quantitative estimate of drug-likeness (QED) is 0.172. The Morgan fingerprint density at radius 1 is 0.950 bits per heavy atom. The fourth-order valence-corrected chi connectivity index (χ4v) is 3.24. The standard InChI is InChI=1S/C27H36N4O9/c1-16(2)22(30-25(34)40-27(4,5)6)24(33)28-17(3)23(32)29-19-9-7-18(8-10-19)15-38-26(35)39-21-13-11-20(12-14-21)31(36)37/h7-14,16-17,22,26,35H,15H2,1-6H3,(H,28,33)(H,29,32)(H,30,34)/t17-,22?,26?/m0/s1. The lowest BCUT2D eigenvalue weighted by Gasteiger charge is -2.26. The van der Waals surface area contributed by atoms with Crippen LogP contribution in [0.4, 0.5) is 16.2 Å². The molecule has 4 N–H and O–H groups in total. The summed E-state index contributed by atoms with van der Waals surface area (Å²) >= 11 is 0. The molecule has 0 radical (unpaired) electrons. The van der Waals surface area contributed by atoms with Gasteiger partial charge in [-0.15, -0.1) is 0 Å². The summed E-state index contributed by atoms with van der Waals surface area (Å²) in [6, 6.07) is 9.93. The number of aliphatic hydroxyl groups is 1. The van der Waals surface area contributed by atoms with Crippen LogP contribution in [0, 0.1) is 16.0 Å². The molecule has 2 aromatic carbocycles. The topological polar surface area (TPSA) is 178 Å². The number of nitro groups is 1. The Morgan fingerprint density at radius 3 is 2.08 bits per heavy atom. The zero-order valence-corrected chi connectivity index (χ0v) is 23.3. The molecule has 218 valence electrons. The molecule has 0 fully saturated rings. The van der Waals surface area contributed by atoms with Crippen LogP contribution in [0.15, 0.2) is 48.5 Å². The van der Waals surface area contributed by atoms with Gasteiger partial charge in [0.15, 0.2) is 0 Å². The van der Waals surface area contributed by atoms with E-state index in [2.05, 4.69) is 16.0 Å². The molecular weight excluding hydrogens is 524 g/mol. The molecule has 0 aromatic heterocycles. The first-order chi connectivity index (χ1) is 18.6. The van der Waals surface area contributed by atoms with Crippen LogP contribution in [0.25, 0.3) is 0 Å². The molecule has 0 heterocycles. The lowest BCUT2D eigenvalue weighted by atomic mass is 10.0. The average molecular weight is 561 g/mol. The van der Waals surface area contributed by atoms with Gasteiger partial charge in [-0.2, -0.15) is 0 Å². The first-order valence-corrected chi connectivity index (χ1v) is 12.5. The van der Waals surface area contributed by atoms with Gasteiger partial charge in [0.1, 0.15) is 23.4 Å². The Balaban J connectivity index is 1.84. The van der Waals surface area contributed by atoms with Crippen LogP contribution in [0.1, 0.15) is 47.1 Å². The average Bonchev–Trinajstić information content (AvgIpc) is 2.85. The minimum absolute atomic E-state index is 0.0178. The van der Waals surface area contributed by atoms with E-state index in [9.17, 15) is 29.6 Å². The van der Waals surface area contributed by atoms with Gasteiger partial charge in [-0.1, -0.05) is 26.0 Å². The summed E-state index contributed by atoms with van der Waals surface area (Å²) in [5.74, 6) is -1.05. The lowest BCUT2D eigenvalue weighted by molar-refractivity contribution is -0.384. The molecule has 0 aliphatic heterocycles. The van der Waals surface area contributed by atoms with E-state index in [0.29, 0.717) is 11.3 Å². The normalized spacial score (nSPS) is 13.5. The van der Waals surface area contributed by atoms with Crippen molar-refractivity contribution in [2.24, 2.45) is 5.92 Å². The maximum absolute atomic E-state index is 12.7. The Labute approximate surface area is 232 Å². The van der Waals surface area contributed by atoms with E-state index >= 15 is 0 Å². The van der Waals surface area contributed by atoms with E-state index in [0.717, 1.165) is 0 Å². The molecule has 13 nitrogen and oxygen atoms in total. The first-order valence-electron chi connectivity index (χ1n) is 12.5. The molecule has 0 saturated carbocycles. The third kappa shape index (κ3) is 10.9. The van der Waals surface area contributed by atoms with E-state index in [1.165, 1.54) is 31.2 Å². The number of nitro benzene ring substituents is 1. The number of benzene rings is 2. The number of alkyl carbamates (subject to hydrolysis) is 1.